The maximum atomic E-state index is 9.27. The molecule has 0 aromatic heterocycles. The van der Waals surface area contributed by atoms with E-state index < -0.39 is 0 Å². The van der Waals surface area contributed by atoms with Gasteiger partial charge >= 0.3 is 0 Å². The highest BCUT2D eigenvalue weighted by atomic mass is 16.5. The van der Waals surface area contributed by atoms with Gasteiger partial charge < -0.3 is 14.7 Å². The van der Waals surface area contributed by atoms with Gasteiger partial charge in [0.25, 0.3) is 0 Å². The van der Waals surface area contributed by atoms with Crippen molar-refractivity contribution in [2.75, 3.05) is 20.7 Å². The Balaban J connectivity index is 2.42. The number of hydrogen-bond donors (Lipinski definition) is 1. The van der Waals surface area contributed by atoms with Crippen molar-refractivity contribution < 1.29 is 9.84 Å². The number of amidine groups is 1. The number of benzene rings is 1. The number of nitrogens with zero attached hydrogens (tertiary/aromatic N) is 2. The normalized spacial score (nSPS) is 14.0. The van der Waals surface area contributed by atoms with Crippen molar-refractivity contribution >= 4 is 11.5 Å². The smallest absolute Gasteiger partial charge is 0.146 e. The SMILES string of the molecule is CN(C)C1=Nc2cc(O)ccc2OC1. The summed E-state index contributed by atoms with van der Waals surface area (Å²) in [6.07, 6.45) is 0. The van der Waals surface area contributed by atoms with Crippen molar-refractivity contribution in [2.24, 2.45) is 4.99 Å². The maximum absolute atomic E-state index is 9.27. The highest BCUT2D eigenvalue weighted by molar-refractivity contribution is 5.88. The average molecular weight is 192 g/mol. The van der Waals surface area contributed by atoms with Crippen LogP contribution in [-0.2, 0) is 0 Å². The Kier molecular flexibility index (Phi) is 2.04. The molecule has 1 aromatic rings. The van der Waals surface area contributed by atoms with E-state index in [0.29, 0.717) is 18.0 Å². The fraction of sp³-hybridized carbons (Fsp3) is 0.300. The van der Waals surface area contributed by atoms with E-state index in [9.17, 15) is 5.11 Å². The van der Waals surface area contributed by atoms with E-state index in [1.807, 2.05) is 19.0 Å². The number of ether oxygens (including phenoxy) is 1. The lowest BCUT2D eigenvalue weighted by atomic mass is 10.2. The number of phenols is 1. The summed E-state index contributed by atoms with van der Waals surface area (Å²) in [5.41, 5.74) is 0.681. The number of hydrogen-bond acceptors (Lipinski definition) is 4. The zero-order valence-electron chi connectivity index (χ0n) is 8.19. The molecule has 1 heterocycles. The van der Waals surface area contributed by atoms with Crippen LogP contribution in [0.25, 0.3) is 0 Å². The van der Waals surface area contributed by atoms with Gasteiger partial charge in [0.2, 0.25) is 0 Å². The van der Waals surface area contributed by atoms with Crippen molar-refractivity contribution in [1.82, 2.24) is 4.90 Å². The van der Waals surface area contributed by atoms with Gasteiger partial charge in [0, 0.05) is 20.2 Å². The van der Waals surface area contributed by atoms with Gasteiger partial charge in [-0.25, -0.2) is 4.99 Å². The van der Waals surface area contributed by atoms with E-state index in [-0.39, 0.29) is 5.75 Å². The largest absolute Gasteiger partial charge is 0.508 e. The molecule has 1 aliphatic heterocycles. The molecule has 0 saturated carbocycles. The van der Waals surface area contributed by atoms with Gasteiger partial charge in [-0.3, -0.25) is 0 Å². The summed E-state index contributed by atoms with van der Waals surface area (Å²) < 4.78 is 5.47. The average Bonchev–Trinajstić information content (AvgIpc) is 2.16. The molecule has 0 unspecified atom stereocenters. The Labute approximate surface area is 82.4 Å². The fourth-order valence-corrected chi connectivity index (χ4v) is 1.26. The van der Waals surface area contributed by atoms with Gasteiger partial charge in [-0.1, -0.05) is 0 Å². The zero-order valence-corrected chi connectivity index (χ0v) is 8.19. The zero-order chi connectivity index (χ0) is 10.1. The summed E-state index contributed by atoms with van der Waals surface area (Å²) in [6, 6.07) is 4.91. The molecule has 4 nitrogen and oxygen atoms in total. The molecule has 2 rings (SSSR count). The number of aromatic hydroxyl groups is 1. The summed E-state index contributed by atoms with van der Waals surface area (Å²) in [5, 5.41) is 9.27. The van der Waals surface area contributed by atoms with Crippen LogP contribution in [0, 0.1) is 0 Å². The van der Waals surface area contributed by atoms with Gasteiger partial charge in [-0.15, -0.1) is 0 Å². The van der Waals surface area contributed by atoms with Crippen LogP contribution < -0.4 is 4.74 Å². The third kappa shape index (κ3) is 1.51. The highest BCUT2D eigenvalue weighted by Gasteiger charge is 2.14. The van der Waals surface area contributed by atoms with Crippen LogP contribution in [0.15, 0.2) is 23.2 Å². The first-order chi connectivity index (χ1) is 6.66. The molecule has 74 valence electrons. The van der Waals surface area contributed by atoms with Crippen molar-refractivity contribution in [3.05, 3.63) is 18.2 Å². The van der Waals surface area contributed by atoms with Gasteiger partial charge in [0.1, 0.15) is 29.6 Å². The first-order valence-corrected chi connectivity index (χ1v) is 4.37. The third-order valence-electron chi connectivity index (χ3n) is 2.07. The predicted octanol–water partition coefficient (Wildman–Crippen LogP) is 1.38. The van der Waals surface area contributed by atoms with Crippen LogP contribution in [0.3, 0.4) is 0 Å². The molecule has 14 heavy (non-hydrogen) atoms. The molecule has 0 saturated heterocycles. The fourth-order valence-electron chi connectivity index (χ4n) is 1.26. The van der Waals surface area contributed by atoms with Crippen molar-refractivity contribution in [3.63, 3.8) is 0 Å². The molecule has 0 atom stereocenters. The number of phenolic OH excluding ortho intramolecular Hbond substituents is 1. The molecule has 0 bridgehead atoms. The van der Waals surface area contributed by atoms with Gasteiger partial charge in [-0.2, -0.15) is 0 Å². The Hall–Kier alpha value is -1.71. The second-order valence-electron chi connectivity index (χ2n) is 3.36. The molecule has 0 fully saturated rings. The van der Waals surface area contributed by atoms with Crippen LogP contribution in [0.4, 0.5) is 5.69 Å². The molecule has 0 aliphatic carbocycles. The molecule has 4 heteroatoms. The quantitative estimate of drug-likeness (QED) is 0.675. The Morgan fingerprint density at radius 1 is 1.43 bits per heavy atom. The molecule has 0 spiro atoms. The molecular weight excluding hydrogens is 180 g/mol. The second-order valence-corrected chi connectivity index (χ2v) is 3.36. The summed E-state index contributed by atoms with van der Waals surface area (Å²) in [6.45, 7) is 0.477. The summed E-state index contributed by atoms with van der Waals surface area (Å²) >= 11 is 0. The van der Waals surface area contributed by atoms with E-state index in [1.54, 1.807) is 18.2 Å². The minimum atomic E-state index is 0.205. The Bertz CT molecular complexity index is 386. The van der Waals surface area contributed by atoms with E-state index >= 15 is 0 Å². The van der Waals surface area contributed by atoms with E-state index in [1.165, 1.54) is 0 Å². The van der Waals surface area contributed by atoms with Crippen molar-refractivity contribution in [2.45, 2.75) is 0 Å². The Morgan fingerprint density at radius 2 is 2.21 bits per heavy atom. The lowest BCUT2D eigenvalue weighted by molar-refractivity contribution is 0.352. The number of aliphatic imine (C=N–C) groups is 1. The third-order valence-corrected chi connectivity index (χ3v) is 2.07. The number of fused-ring (bicyclic) bond motifs is 1. The van der Waals surface area contributed by atoms with Crippen LogP contribution in [0.5, 0.6) is 11.5 Å². The van der Waals surface area contributed by atoms with E-state index in [2.05, 4.69) is 4.99 Å². The first kappa shape index (κ1) is 8.87. The summed E-state index contributed by atoms with van der Waals surface area (Å²) in [7, 11) is 3.83. The standard InChI is InChI=1S/C10H12N2O2/c1-12(2)10-6-14-9-4-3-7(13)5-8(9)11-10/h3-5,13H,6H2,1-2H3. The van der Waals surface area contributed by atoms with Gasteiger partial charge in [0.05, 0.1) is 0 Å². The van der Waals surface area contributed by atoms with Gasteiger partial charge in [-0.05, 0) is 12.1 Å². The lowest BCUT2D eigenvalue weighted by Crippen LogP contribution is -2.29. The van der Waals surface area contributed by atoms with E-state index in [4.69, 9.17) is 4.74 Å². The maximum Gasteiger partial charge on any atom is 0.146 e. The predicted molar refractivity (Wildman–Crippen MR) is 54.4 cm³/mol. The number of likely N-dealkylation sites (N-methyl/N-ethyl adjacent to an activating group) is 1. The second kappa shape index (κ2) is 3.21. The van der Waals surface area contributed by atoms with Crippen LogP contribution in [0.1, 0.15) is 0 Å². The Morgan fingerprint density at radius 3 is 2.93 bits per heavy atom. The topological polar surface area (TPSA) is 45.1 Å². The molecule has 0 radical (unpaired) electrons. The van der Waals surface area contributed by atoms with Crippen LogP contribution in [0.2, 0.25) is 0 Å². The molecule has 1 aliphatic rings. The monoisotopic (exact) mass is 192 g/mol. The molecule has 1 N–H and O–H groups in total. The highest BCUT2D eigenvalue weighted by Crippen LogP contribution is 2.33. The van der Waals surface area contributed by atoms with Crippen molar-refractivity contribution in [3.8, 4) is 11.5 Å². The first-order valence-electron chi connectivity index (χ1n) is 4.37. The summed E-state index contributed by atoms with van der Waals surface area (Å²) in [4.78, 5) is 6.26. The lowest BCUT2D eigenvalue weighted by Gasteiger charge is -2.21. The minimum Gasteiger partial charge on any atom is -0.508 e. The van der Waals surface area contributed by atoms with Crippen molar-refractivity contribution in [1.29, 1.82) is 0 Å². The molecule has 1 aromatic carbocycles. The van der Waals surface area contributed by atoms with E-state index in [0.717, 1.165) is 5.84 Å². The minimum absolute atomic E-state index is 0.205. The molecular formula is C10H12N2O2. The van der Waals surface area contributed by atoms with Crippen LogP contribution >= 0.6 is 0 Å². The van der Waals surface area contributed by atoms with Crippen LogP contribution in [-0.4, -0.2) is 36.5 Å². The summed E-state index contributed by atoms with van der Waals surface area (Å²) in [5.74, 6) is 1.77. The number of rotatable bonds is 0. The molecule has 0 amide bonds. The van der Waals surface area contributed by atoms with Gasteiger partial charge in [0.15, 0.2) is 0 Å².